The number of nitrogen functional groups attached to an aromatic ring is 1. The molecule has 0 bridgehead atoms. The van der Waals surface area contributed by atoms with Gasteiger partial charge < -0.3 is 21.1 Å². The van der Waals surface area contributed by atoms with E-state index in [1.54, 1.807) is 24.3 Å². The summed E-state index contributed by atoms with van der Waals surface area (Å²) >= 11 is 1.41. The molecule has 184 valence electrons. The Kier molecular flexibility index (Phi) is 7.14. The van der Waals surface area contributed by atoms with Crippen LogP contribution in [0.3, 0.4) is 0 Å². The number of fused-ring (bicyclic) bond motifs is 1. The van der Waals surface area contributed by atoms with Crippen LogP contribution in [0.1, 0.15) is 31.2 Å². The number of hydrogen-bond acceptors (Lipinski definition) is 5. The average molecular weight is 508 g/mol. The zero-order valence-electron chi connectivity index (χ0n) is 19.9. The first-order valence-electron chi connectivity index (χ1n) is 11.8. The van der Waals surface area contributed by atoms with Gasteiger partial charge in [-0.25, -0.2) is 0 Å². The van der Waals surface area contributed by atoms with Crippen molar-refractivity contribution in [1.82, 2.24) is 5.32 Å². The molecule has 0 aliphatic carbocycles. The molecule has 37 heavy (non-hydrogen) atoms. The zero-order valence-corrected chi connectivity index (χ0v) is 20.8. The fourth-order valence-corrected chi connectivity index (χ4v) is 4.97. The molecule has 0 aliphatic heterocycles. The van der Waals surface area contributed by atoms with Gasteiger partial charge in [-0.15, -0.1) is 11.3 Å². The number of nitrogens with two attached hydrogens (primary N) is 1. The molecule has 0 atom stereocenters. The van der Waals surface area contributed by atoms with Gasteiger partial charge in [-0.2, -0.15) is 0 Å². The molecule has 5 aromatic rings. The van der Waals surface area contributed by atoms with Gasteiger partial charge in [0.1, 0.15) is 11.5 Å². The summed E-state index contributed by atoms with van der Waals surface area (Å²) < 4.78 is 7.15. The standard InChI is InChI=1S/C30H25N3O3S/c31-23-15-13-22(14-16-23)29(34)33-24-10-6-9-21(17-24)18-32-30(35)28-27(25-11-4-5-12-26(25)37-28)36-19-20-7-2-1-3-8-20/h1-17H,18-19,31H2,(H,32,35)(H,33,34). The summed E-state index contributed by atoms with van der Waals surface area (Å²) in [7, 11) is 0. The van der Waals surface area contributed by atoms with E-state index in [1.807, 2.05) is 78.9 Å². The molecule has 1 heterocycles. The zero-order chi connectivity index (χ0) is 25.6. The summed E-state index contributed by atoms with van der Waals surface area (Å²) in [6.45, 7) is 0.675. The van der Waals surface area contributed by atoms with Crippen molar-refractivity contribution in [3.05, 3.63) is 125 Å². The monoisotopic (exact) mass is 507 g/mol. The molecule has 1 aromatic heterocycles. The molecule has 7 heteroatoms. The Balaban J connectivity index is 1.28. The van der Waals surface area contributed by atoms with E-state index in [1.165, 1.54) is 11.3 Å². The highest BCUT2D eigenvalue weighted by Gasteiger charge is 2.20. The van der Waals surface area contributed by atoms with Gasteiger partial charge in [0.15, 0.2) is 5.75 Å². The van der Waals surface area contributed by atoms with Crippen LogP contribution in [-0.4, -0.2) is 11.8 Å². The van der Waals surface area contributed by atoms with Gasteiger partial charge in [0.2, 0.25) is 0 Å². The van der Waals surface area contributed by atoms with E-state index in [0.717, 1.165) is 21.2 Å². The van der Waals surface area contributed by atoms with Crippen molar-refractivity contribution in [2.75, 3.05) is 11.1 Å². The predicted octanol–water partition coefficient (Wildman–Crippen LogP) is 6.24. The largest absolute Gasteiger partial charge is 0.487 e. The minimum absolute atomic E-state index is 0.208. The molecule has 0 aliphatic rings. The third-order valence-electron chi connectivity index (χ3n) is 5.79. The second-order valence-corrected chi connectivity index (χ2v) is 9.54. The van der Waals surface area contributed by atoms with Crippen LogP contribution in [-0.2, 0) is 13.2 Å². The molecule has 0 spiro atoms. The van der Waals surface area contributed by atoms with E-state index in [9.17, 15) is 9.59 Å². The summed E-state index contributed by atoms with van der Waals surface area (Å²) in [6.07, 6.45) is 0. The first-order valence-corrected chi connectivity index (χ1v) is 12.6. The topological polar surface area (TPSA) is 93.5 Å². The molecule has 0 unspecified atom stereocenters. The number of nitrogens with one attached hydrogen (secondary N) is 2. The second kappa shape index (κ2) is 11.0. The smallest absolute Gasteiger partial charge is 0.265 e. The summed E-state index contributed by atoms with van der Waals surface area (Å²) in [6, 6.07) is 31.8. The van der Waals surface area contributed by atoms with E-state index < -0.39 is 0 Å². The minimum atomic E-state index is -0.230. The number of benzene rings is 4. The van der Waals surface area contributed by atoms with E-state index in [0.29, 0.717) is 40.7 Å². The Bertz CT molecular complexity index is 1550. The number of ether oxygens (including phenoxy) is 1. The van der Waals surface area contributed by atoms with Crippen molar-refractivity contribution >= 4 is 44.6 Å². The first kappa shape index (κ1) is 24.1. The van der Waals surface area contributed by atoms with Gasteiger partial charge in [0.25, 0.3) is 11.8 Å². The lowest BCUT2D eigenvalue weighted by Crippen LogP contribution is -2.22. The number of carbonyl (C=O) groups is 2. The minimum Gasteiger partial charge on any atom is -0.487 e. The number of hydrogen-bond donors (Lipinski definition) is 3. The number of rotatable bonds is 8. The summed E-state index contributed by atoms with van der Waals surface area (Å²) in [4.78, 5) is 26.3. The quantitative estimate of drug-likeness (QED) is 0.217. The summed E-state index contributed by atoms with van der Waals surface area (Å²) in [5.41, 5.74) is 9.34. The Morgan fingerprint density at radius 2 is 1.51 bits per heavy atom. The number of carbonyl (C=O) groups excluding carboxylic acids is 2. The fourth-order valence-electron chi connectivity index (χ4n) is 3.90. The van der Waals surface area contributed by atoms with Crippen molar-refractivity contribution in [3.8, 4) is 5.75 Å². The van der Waals surface area contributed by atoms with Crippen molar-refractivity contribution in [1.29, 1.82) is 0 Å². The van der Waals surface area contributed by atoms with E-state index in [4.69, 9.17) is 10.5 Å². The molecule has 6 nitrogen and oxygen atoms in total. The van der Waals surface area contributed by atoms with E-state index in [2.05, 4.69) is 10.6 Å². The molecule has 2 amide bonds. The highest BCUT2D eigenvalue weighted by atomic mass is 32.1. The van der Waals surface area contributed by atoms with Gasteiger partial charge >= 0.3 is 0 Å². The Hall–Kier alpha value is -4.62. The molecule has 0 radical (unpaired) electrons. The van der Waals surface area contributed by atoms with Gasteiger partial charge in [0, 0.05) is 33.6 Å². The maximum atomic E-state index is 13.2. The molecular weight excluding hydrogens is 482 g/mol. The maximum Gasteiger partial charge on any atom is 0.265 e. The third kappa shape index (κ3) is 5.79. The number of anilines is 2. The average Bonchev–Trinajstić information content (AvgIpc) is 3.30. The Morgan fingerprint density at radius 3 is 2.32 bits per heavy atom. The lowest BCUT2D eigenvalue weighted by molar-refractivity contribution is 0.0950. The van der Waals surface area contributed by atoms with E-state index in [-0.39, 0.29) is 11.8 Å². The number of thiophene rings is 1. The van der Waals surface area contributed by atoms with Crippen LogP contribution in [0.2, 0.25) is 0 Å². The molecule has 0 saturated carbocycles. The van der Waals surface area contributed by atoms with Crippen molar-refractivity contribution < 1.29 is 14.3 Å². The third-order valence-corrected chi connectivity index (χ3v) is 6.94. The Labute approximate surface area is 218 Å². The molecule has 4 N–H and O–H groups in total. The van der Waals surface area contributed by atoms with Gasteiger partial charge in [-0.3, -0.25) is 9.59 Å². The predicted molar refractivity (Wildman–Crippen MR) is 149 cm³/mol. The van der Waals surface area contributed by atoms with Gasteiger partial charge in [-0.05, 0) is 59.7 Å². The van der Waals surface area contributed by atoms with Crippen LogP contribution in [0.5, 0.6) is 5.75 Å². The van der Waals surface area contributed by atoms with Crippen molar-refractivity contribution in [2.45, 2.75) is 13.2 Å². The SMILES string of the molecule is Nc1ccc(C(=O)Nc2cccc(CNC(=O)c3sc4ccccc4c3OCc3ccccc3)c2)cc1. The first-order chi connectivity index (χ1) is 18.1. The number of amides is 2. The van der Waals surface area contributed by atoms with Crippen molar-refractivity contribution in [3.63, 3.8) is 0 Å². The maximum absolute atomic E-state index is 13.2. The van der Waals surface area contributed by atoms with Gasteiger partial charge in [0.05, 0.1) is 0 Å². The van der Waals surface area contributed by atoms with Gasteiger partial charge in [-0.1, -0.05) is 54.6 Å². The molecule has 0 saturated heterocycles. The molecule has 0 fully saturated rings. The fraction of sp³-hybridized carbons (Fsp3) is 0.0667. The van der Waals surface area contributed by atoms with Crippen LogP contribution in [0.25, 0.3) is 10.1 Å². The summed E-state index contributed by atoms with van der Waals surface area (Å²) in [5.74, 6) is 0.152. The van der Waals surface area contributed by atoms with Crippen LogP contribution in [0, 0.1) is 0 Å². The van der Waals surface area contributed by atoms with Crippen LogP contribution >= 0.6 is 11.3 Å². The normalized spacial score (nSPS) is 10.7. The van der Waals surface area contributed by atoms with Crippen LogP contribution < -0.4 is 21.1 Å². The van der Waals surface area contributed by atoms with Crippen molar-refractivity contribution in [2.24, 2.45) is 0 Å². The lowest BCUT2D eigenvalue weighted by Gasteiger charge is -2.10. The summed E-state index contributed by atoms with van der Waals surface area (Å²) in [5, 5.41) is 6.80. The van der Waals surface area contributed by atoms with Crippen LogP contribution in [0.15, 0.2) is 103 Å². The highest BCUT2D eigenvalue weighted by Crippen LogP contribution is 2.38. The second-order valence-electron chi connectivity index (χ2n) is 8.49. The highest BCUT2D eigenvalue weighted by molar-refractivity contribution is 7.21. The van der Waals surface area contributed by atoms with E-state index >= 15 is 0 Å². The molecule has 4 aromatic carbocycles. The van der Waals surface area contributed by atoms with Crippen LogP contribution in [0.4, 0.5) is 11.4 Å². The Morgan fingerprint density at radius 1 is 0.784 bits per heavy atom. The molecule has 5 rings (SSSR count). The molecular formula is C30H25N3O3S. The lowest BCUT2D eigenvalue weighted by atomic mass is 10.1.